The summed E-state index contributed by atoms with van der Waals surface area (Å²) in [5.74, 6) is 0.814. The number of aromatic amines is 1. The van der Waals surface area contributed by atoms with Crippen molar-refractivity contribution in [2.45, 2.75) is 31.2 Å². The van der Waals surface area contributed by atoms with Crippen molar-refractivity contribution in [3.63, 3.8) is 0 Å². The van der Waals surface area contributed by atoms with Gasteiger partial charge < -0.3 is 4.98 Å². The van der Waals surface area contributed by atoms with E-state index in [1.807, 2.05) is 32.0 Å². The van der Waals surface area contributed by atoms with Gasteiger partial charge in [0.15, 0.2) is 5.16 Å². The molecule has 2 rings (SSSR count). The number of aryl methyl sites for hydroxylation is 1. The molecule has 0 aliphatic carbocycles. The van der Waals surface area contributed by atoms with Crippen molar-refractivity contribution >= 4 is 11.8 Å². The molecule has 0 unspecified atom stereocenters. The number of nitrogens with zero attached hydrogens (tertiary/aromatic N) is 1. The van der Waals surface area contributed by atoms with Gasteiger partial charge in [-0.05, 0) is 18.9 Å². The highest BCUT2D eigenvalue weighted by Gasteiger charge is 2.06. The van der Waals surface area contributed by atoms with E-state index in [4.69, 9.17) is 0 Å². The third-order valence-corrected chi connectivity index (χ3v) is 3.72. The zero-order valence-electron chi connectivity index (χ0n) is 10.6. The maximum atomic E-state index is 11.8. The molecule has 1 N–H and O–H groups in total. The molecule has 0 saturated heterocycles. The van der Waals surface area contributed by atoms with Crippen LogP contribution in [-0.2, 0) is 12.2 Å². The van der Waals surface area contributed by atoms with Gasteiger partial charge in [-0.25, -0.2) is 4.98 Å². The van der Waals surface area contributed by atoms with Gasteiger partial charge >= 0.3 is 0 Å². The van der Waals surface area contributed by atoms with E-state index in [0.717, 1.165) is 23.4 Å². The molecule has 0 bridgehead atoms. The molecular formula is C14H16N2OS. The first-order valence-electron chi connectivity index (χ1n) is 5.97. The van der Waals surface area contributed by atoms with Gasteiger partial charge in [-0.3, -0.25) is 4.79 Å². The second kappa shape index (κ2) is 5.87. The molecule has 0 radical (unpaired) electrons. The van der Waals surface area contributed by atoms with Crippen molar-refractivity contribution in [2.75, 3.05) is 0 Å². The topological polar surface area (TPSA) is 45.8 Å². The predicted octanol–water partition coefficient (Wildman–Crippen LogP) is 2.93. The maximum Gasteiger partial charge on any atom is 0.254 e. The van der Waals surface area contributed by atoms with Gasteiger partial charge in [0.05, 0.1) is 0 Å². The zero-order chi connectivity index (χ0) is 13.0. The van der Waals surface area contributed by atoms with Crippen molar-refractivity contribution in [3.05, 3.63) is 57.5 Å². The summed E-state index contributed by atoms with van der Waals surface area (Å²) in [5, 5.41) is 0.693. The SMILES string of the molecule is CCc1c(C)nc(SCc2ccccc2)[nH]c1=O. The number of nitrogens with one attached hydrogen (secondary N) is 1. The lowest BCUT2D eigenvalue weighted by atomic mass is 10.2. The highest BCUT2D eigenvalue weighted by Crippen LogP contribution is 2.18. The third-order valence-electron chi connectivity index (χ3n) is 2.77. The van der Waals surface area contributed by atoms with Crippen LogP contribution in [0.3, 0.4) is 0 Å². The largest absolute Gasteiger partial charge is 0.301 e. The molecule has 2 aromatic rings. The summed E-state index contributed by atoms with van der Waals surface area (Å²) in [6.45, 7) is 3.86. The first-order valence-corrected chi connectivity index (χ1v) is 6.95. The van der Waals surface area contributed by atoms with Crippen molar-refractivity contribution in [1.29, 1.82) is 0 Å². The van der Waals surface area contributed by atoms with Gasteiger partial charge in [0.1, 0.15) is 0 Å². The fourth-order valence-corrected chi connectivity index (χ4v) is 2.66. The maximum absolute atomic E-state index is 11.8. The molecular weight excluding hydrogens is 244 g/mol. The summed E-state index contributed by atoms with van der Waals surface area (Å²) in [4.78, 5) is 19.1. The fourth-order valence-electron chi connectivity index (χ4n) is 1.80. The van der Waals surface area contributed by atoms with Crippen molar-refractivity contribution in [1.82, 2.24) is 9.97 Å². The Morgan fingerprint density at radius 3 is 2.61 bits per heavy atom. The monoisotopic (exact) mass is 260 g/mol. The van der Waals surface area contributed by atoms with Gasteiger partial charge in [0.25, 0.3) is 5.56 Å². The second-order valence-electron chi connectivity index (χ2n) is 4.06. The number of hydrogen-bond acceptors (Lipinski definition) is 3. The van der Waals surface area contributed by atoms with Crippen LogP contribution in [0.15, 0.2) is 40.3 Å². The molecule has 0 fully saturated rings. The molecule has 18 heavy (non-hydrogen) atoms. The van der Waals surface area contributed by atoms with Gasteiger partial charge in [0.2, 0.25) is 0 Å². The molecule has 3 nitrogen and oxygen atoms in total. The average Bonchev–Trinajstić information content (AvgIpc) is 2.37. The van der Waals surface area contributed by atoms with Crippen molar-refractivity contribution in [3.8, 4) is 0 Å². The smallest absolute Gasteiger partial charge is 0.254 e. The molecule has 0 aliphatic heterocycles. The summed E-state index contributed by atoms with van der Waals surface area (Å²) in [6, 6.07) is 10.2. The number of benzene rings is 1. The Hall–Kier alpha value is -1.55. The van der Waals surface area contributed by atoms with Crippen LogP contribution < -0.4 is 5.56 Å². The van der Waals surface area contributed by atoms with Crippen LogP contribution in [-0.4, -0.2) is 9.97 Å². The van der Waals surface area contributed by atoms with E-state index in [9.17, 15) is 4.79 Å². The Balaban J connectivity index is 2.14. The second-order valence-corrected chi connectivity index (χ2v) is 5.03. The zero-order valence-corrected chi connectivity index (χ0v) is 11.4. The van der Waals surface area contributed by atoms with E-state index in [2.05, 4.69) is 22.1 Å². The standard InChI is InChI=1S/C14H16N2OS/c1-3-12-10(2)15-14(16-13(12)17)18-9-11-7-5-4-6-8-11/h4-8H,3,9H2,1-2H3,(H,15,16,17). The number of rotatable bonds is 4. The van der Waals surface area contributed by atoms with Crippen LogP contribution in [0.1, 0.15) is 23.7 Å². The van der Waals surface area contributed by atoms with E-state index in [-0.39, 0.29) is 5.56 Å². The first kappa shape index (κ1) is 12.9. The number of hydrogen-bond donors (Lipinski definition) is 1. The number of H-pyrrole nitrogens is 1. The third kappa shape index (κ3) is 3.01. The Morgan fingerprint density at radius 2 is 2.00 bits per heavy atom. The molecule has 94 valence electrons. The lowest BCUT2D eigenvalue weighted by molar-refractivity contribution is 0.858. The van der Waals surface area contributed by atoms with Crippen LogP contribution in [0.5, 0.6) is 0 Å². The normalized spacial score (nSPS) is 10.6. The van der Waals surface area contributed by atoms with Crippen molar-refractivity contribution < 1.29 is 0 Å². The van der Waals surface area contributed by atoms with Gasteiger partial charge in [-0.15, -0.1) is 0 Å². The van der Waals surface area contributed by atoms with E-state index in [1.165, 1.54) is 5.56 Å². The van der Waals surface area contributed by atoms with E-state index >= 15 is 0 Å². The molecule has 1 aromatic heterocycles. The summed E-state index contributed by atoms with van der Waals surface area (Å²) < 4.78 is 0. The lowest BCUT2D eigenvalue weighted by Gasteiger charge is -2.05. The van der Waals surface area contributed by atoms with E-state index in [1.54, 1.807) is 11.8 Å². The minimum Gasteiger partial charge on any atom is -0.301 e. The minimum absolute atomic E-state index is 0.0134. The summed E-state index contributed by atoms with van der Waals surface area (Å²) in [5.41, 5.74) is 2.82. The predicted molar refractivity (Wildman–Crippen MR) is 75.0 cm³/mol. The number of thioether (sulfide) groups is 1. The van der Waals surface area contributed by atoms with Crippen molar-refractivity contribution in [2.24, 2.45) is 0 Å². The molecule has 0 aliphatic rings. The fraction of sp³-hybridized carbons (Fsp3) is 0.286. The number of aromatic nitrogens is 2. The van der Waals surface area contributed by atoms with Crippen LogP contribution in [0, 0.1) is 6.92 Å². The molecule has 1 aromatic carbocycles. The molecule has 0 atom stereocenters. The molecule has 0 amide bonds. The van der Waals surface area contributed by atoms with Gasteiger partial charge in [0, 0.05) is 17.0 Å². The van der Waals surface area contributed by atoms with E-state index in [0.29, 0.717) is 5.16 Å². The van der Waals surface area contributed by atoms with Gasteiger partial charge in [-0.2, -0.15) is 0 Å². The summed E-state index contributed by atoms with van der Waals surface area (Å²) in [6.07, 6.45) is 0.720. The van der Waals surface area contributed by atoms with Crippen LogP contribution in [0.25, 0.3) is 0 Å². The quantitative estimate of drug-likeness (QED) is 0.679. The van der Waals surface area contributed by atoms with Crippen LogP contribution in [0.4, 0.5) is 0 Å². The Labute approximate surface area is 111 Å². The lowest BCUT2D eigenvalue weighted by Crippen LogP contribution is -2.16. The molecule has 0 spiro atoms. The highest BCUT2D eigenvalue weighted by atomic mass is 32.2. The van der Waals surface area contributed by atoms with Crippen LogP contribution >= 0.6 is 11.8 Å². The molecule has 0 saturated carbocycles. The van der Waals surface area contributed by atoms with Gasteiger partial charge in [-0.1, -0.05) is 49.0 Å². The van der Waals surface area contributed by atoms with E-state index < -0.39 is 0 Å². The molecule has 4 heteroatoms. The van der Waals surface area contributed by atoms with Crippen LogP contribution in [0.2, 0.25) is 0 Å². The Morgan fingerprint density at radius 1 is 1.28 bits per heavy atom. The summed E-state index contributed by atoms with van der Waals surface area (Å²) in [7, 11) is 0. The molecule has 1 heterocycles. The Kier molecular flexibility index (Phi) is 4.20. The first-order chi connectivity index (χ1) is 8.70. The summed E-state index contributed by atoms with van der Waals surface area (Å²) >= 11 is 1.55. The minimum atomic E-state index is -0.0134. The highest BCUT2D eigenvalue weighted by molar-refractivity contribution is 7.98. The average molecular weight is 260 g/mol. The Bertz CT molecular complexity index is 578.